The molecule has 4 heavy (non-hydrogen) atoms. The first-order valence-corrected chi connectivity index (χ1v) is 0.508. The Kier molecular flexibility index (Phi) is 116. The van der Waals surface area contributed by atoms with Gasteiger partial charge in [-0.3, -0.25) is 0 Å². The van der Waals surface area contributed by atoms with Crippen LogP contribution in [-0.2, 0) is 36.6 Å². The van der Waals surface area contributed by atoms with Crippen molar-refractivity contribution in [3.63, 3.8) is 0 Å². The molecule has 0 bridgehead atoms. The topological polar surface area (TPSA) is 17.1 Å². The average Bonchev–Trinajstić information content (AvgIpc) is 1.00. The number of hydrogen-bond acceptors (Lipinski definition) is 1. The fourth-order valence-corrected chi connectivity index (χ4v) is 0. The van der Waals surface area contributed by atoms with Crippen molar-refractivity contribution in [3.8, 4) is 0 Å². The molecule has 0 aromatic carbocycles. The first-order chi connectivity index (χ1) is 1.00. The van der Waals surface area contributed by atoms with Crippen molar-refractivity contribution in [1.29, 1.82) is 0 Å². The van der Waals surface area contributed by atoms with Crippen molar-refractivity contribution < 1.29 is 56.8 Å². The summed E-state index contributed by atoms with van der Waals surface area (Å²) in [4.78, 5) is 0. The molecule has 0 heterocycles. The van der Waals surface area contributed by atoms with Gasteiger partial charge < -0.3 is 1.43 Å². The molecular weight excluding hydrogens is 145 g/mol. The van der Waals surface area contributed by atoms with Crippen LogP contribution in [0.5, 0.6) is 0 Å². The summed E-state index contributed by atoms with van der Waals surface area (Å²) < 4.78 is 7.81. The van der Waals surface area contributed by atoms with E-state index in [1.54, 1.807) is 0 Å². The van der Waals surface area contributed by atoms with Crippen molar-refractivity contribution in [2.45, 2.75) is 0 Å². The Hall–Kier alpha value is 1.42. The summed E-state index contributed by atoms with van der Waals surface area (Å²) in [7, 11) is 0. The van der Waals surface area contributed by atoms with Crippen LogP contribution in [0.25, 0.3) is 0 Å². The molecule has 0 aromatic rings. The van der Waals surface area contributed by atoms with Crippen molar-refractivity contribution in [1.82, 2.24) is 0 Å². The van der Waals surface area contributed by atoms with Crippen LogP contribution in [0.15, 0.2) is 0 Å². The Morgan fingerprint density at radius 1 is 1.50 bits per heavy atom. The Labute approximate surface area is 56.8 Å². The molecule has 0 unspecified atom stereocenters. The quantitative estimate of drug-likeness (QED) is 0.333. The third-order valence-electron chi connectivity index (χ3n) is 0. The molecule has 0 aromatic heterocycles. The van der Waals surface area contributed by atoms with Gasteiger partial charge in [-0.25, -0.2) is 0 Å². The van der Waals surface area contributed by atoms with E-state index in [4.69, 9.17) is 3.83 Å². The summed E-state index contributed by atoms with van der Waals surface area (Å²) in [6.07, 6.45) is 0. The van der Waals surface area contributed by atoms with Crippen LogP contribution in [0.3, 0.4) is 0 Å². The maximum atomic E-state index is 7.81. The van der Waals surface area contributed by atoms with Gasteiger partial charge >= 0.3 is 38.6 Å². The van der Waals surface area contributed by atoms with Gasteiger partial charge in [0.05, 0.1) is 0 Å². The van der Waals surface area contributed by atoms with Gasteiger partial charge in [0.2, 0.25) is 0 Å². The van der Waals surface area contributed by atoms with E-state index in [1.165, 1.54) is 0 Å². The summed E-state index contributed by atoms with van der Waals surface area (Å²) in [5.74, 6) is 0. The molecular formula is HCoCuLiO. The minimum absolute atomic E-state index is 0. The zero-order valence-electron chi connectivity index (χ0n) is 3.04. The predicted octanol–water partition coefficient (Wildman–Crippen LogP) is -3.01. The Balaban J connectivity index is -0.00000000167. The Morgan fingerprint density at radius 3 is 1.50 bits per heavy atom. The second-order valence-corrected chi connectivity index (χ2v) is 0. The molecule has 0 amide bonds. The Morgan fingerprint density at radius 2 is 1.50 bits per heavy atom. The first-order valence-electron chi connectivity index (χ1n) is 0.123. The third-order valence-corrected chi connectivity index (χ3v) is 0. The third kappa shape index (κ3) is 9.92. The van der Waals surface area contributed by atoms with Crippen LogP contribution < -0.4 is 18.9 Å². The molecule has 28 valence electrons. The molecule has 0 atom stereocenters. The second kappa shape index (κ2) is 25.6. The van der Waals surface area contributed by atoms with Gasteiger partial charge in [0.15, 0.2) is 0 Å². The summed E-state index contributed by atoms with van der Waals surface area (Å²) in [6.45, 7) is 0. The summed E-state index contributed by atoms with van der Waals surface area (Å²) in [5.41, 5.74) is 0. The molecule has 0 aliphatic rings. The zero-order valence-corrected chi connectivity index (χ0v) is 4.03. The van der Waals surface area contributed by atoms with E-state index in [1.807, 2.05) is 0 Å². The maximum absolute atomic E-state index is 7.81. The summed E-state index contributed by atoms with van der Waals surface area (Å²) in [5, 5.41) is 0. The minimum atomic E-state index is 0. The van der Waals surface area contributed by atoms with Crippen LogP contribution in [0.2, 0.25) is 0 Å². The van der Waals surface area contributed by atoms with Gasteiger partial charge in [-0.05, 0) is 0 Å². The molecule has 1 radical (unpaired) electrons. The van der Waals surface area contributed by atoms with E-state index in [0.29, 0.717) is 0 Å². The molecule has 0 N–H and O–H groups in total. The average molecular weight is 146 g/mol. The summed E-state index contributed by atoms with van der Waals surface area (Å²) in [6, 6.07) is 0. The number of rotatable bonds is 0. The molecule has 0 rings (SSSR count). The van der Waals surface area contributed by atoms with Crippen molar-refractivity contribution in [2.24, 2.45) is 0 Å². The van der Waals surface area contributed by atoms with Crippen LogP contribution in [0, 0.1) is 0 Å². The van der Waals surface area contributed by atoms with E-state index in [9.17, 15) is 0 Å². The van der Waals surface area contributed by atoms with E-state index >= 15 is 0 Å². The van der Waals surface area contributed by atoms with Gasteiger partial charge in [-0.15, -0.1) is 0 Å². The molecule has 0 aliphatic carbocycles. The van der Waals surface area contributed by atoms with Gasteiger partial charge in [-0.2, -0.15) is 0 Å². The van der Waals surface area contributed by atoms with Crippen LogP contribution >= 0.6 is 0 Å². The molecule has 0 saturated carbocycles. The van der Waals surface area contributed by atoms with Crippen molar-refractivity contribution in [3.05, 3.63) is 0 Å². The summed E-state index contributed by atoms with van der Waals surface area (Å²) >= 11 is 2.94. The SMILES string of the molecule is [Co].[H-].[Li+].[O]=[Cu]. The fraction of sp³-hybridized carbons (Fsp3) is 0. The molecule has 0 saturated heterocycles. The molecule has 1 nitrogen and oxygen atoms in total. The first kappa shape index (κ1) is 18.1. The molecule has 4 heteroatoms. The van der Waals surface area contributed by atoms with Gasteiger partial charge in [0, 0.05) is 16.8 Å². The van der Waals surface area contributed by atoms with E-state index in [-0.39, 0.29) is 37.1 Å². The second-order valence-electron chi connectivity index (χ2n) is 0. The van der Waals surface area contributed by atoms with Crippen LogP contribution in [0.4, 0.5) is 0 Å². The molecule has 0 spiro atoms. The fourth-order valence-electron chi connectivity index (χ4n) is 0. The van der Waals surface area contributed by atoms with Gasteiger partial charge in [0.1, 0.15) is 0 Å². The van der Waals surface area contributed by atoms with E-state index < -0.39 is 0 Å². The van der Waals surface area contributed by atoms with Crippen LogP contribution in [0.1, 0.15) is 1.43 Å². The standard InChI is InChI=1S/Co.Cu.Li.O.H/q;;+1;;-1. The van der Waals surface area contributed by atoms with Crippen LogP contribution in [-0.4, -0.2) is 0 Å². The zero-order chi connectivity index (χ0) is 2.00. The van der Waals surface area contributed by atoms with Gasteiger partial charge in [0.25, 0.3) is 0 Å². The van der Waals surface area contributed by atoms with Gasteiger partial charge in [-0.1, -0.05) is 0 Å². The van der Waals surface area contributed by atoms with Crippen molar-refractivity contribution in [2.75, 3.05) is 0 Å². The number of hydrogen-bond donors (Lipinski definition) is 0. The molecule has 0 aliphatic heterocycles. The van der Waals surface area contributed by atoms with E-state index in [2.05, 4.69) is 15.9 Å². The monoisotopic (exact) mass is 146 g/mol. The predicted molar refractivity (Wildman–Crippen MR) is 1.80 cm³/mol. The molecule has 0 fully saturated rings. The Bertz CT molecular complexity index is 11.6. The van der Waals surface area contributed by atoms with E-state index in [0.717, 1.165) is 0 Å². The van der Waals surface area contributed by atoms with Crippen molar-refractivity contribution >= 4 is 0 Å². The normalized spacial score (nSPS) is 1.50.